The minimum atomic E-state index is -0.332. The average molecular weight is 399 g/mol. The molecule has 0 unspecified atom stereocenters. The first-order valence-corrected chi connectivity index (χ1v) is 9.99. The monoisotopic (exact) mass is 398 g/mol. The zero-order valence-corrected chi connectivity index (χ0v) is 16.3. The maximum absolute atomic E-state index is 13.1. The number of rotatable bonds is 4. The van der Waals surface area contributed by atoms with E-state index < -0.39 is 0 Å². The van der Waals surface area contributed by atoms with Crippen LogP contribution >= 0.6 is 11.6 Å². The molecule has 2 heterocycles. The number of hydrogen-bond acceptors (Lipinski definition) is 4. The fourth-order valence-electron chi connectivity index (χ4n) is 4.36. The Kier molecular flexibility index (Phi) is 5.33. The van der Waals surface area contributed by atoms with E-state index in [1.807, 2.05) is 0 Å². The first-order valence-electron chi connectivity index (χ1n) is 9.62. The van der Waals surface area contributed by atoms with Gasteiger partial charge < -0.3 is 16.0 Å². The molecule has 2 atom stereocenters. The summed E-state index contributed by atoms with van der Waals surface area (Å²) in [6.07, 6.45) is 7.48. The number of nitrogens with zero attached hydrogens (tertiary/aromatic N) is 1. The topological polar surface area (TPSA) is 83.1 Å². The van der Waals surface area contributed by atoms with Gasteiger partial charge in [0.25, 0.3) is 5.91 Å². The lowest BCUT2D eigenvalue weighted by atomic mass is 9.67. The van der Waals surface area contributed by atoms with E-state index in [0.717, 1.165) is 32.4 Å². The third-order valence-corrected chi connectivity index (χ3v) is 6.19. The van der Waals surface area contributed by atoms with Crippen molar-refractivity contribution in [3.63, 3.8) is 0 Å². The summed E-state index contributed by atoms with van der Waals surface area (Å²) in [6, 6.07) is 8.48. The summed E-state index contributed by atoms with van der Waals surface area (Å²) in [4.78, 5) is 29.5. The standard InChI is InChI=1S/C21H23ClN4O2/c22-18-10-15(6-7-17(18)19(27)25-16-5-3-9-23-12-16)26-20(28)21-8-2-1-4-14(21)11-24-13-21/h3,5-7,9-10,12,14,24H,1-2,4,8,11,13H2,(H,25,27)(H,26,28)/t14-,21+/m0/s1. The fraction of sp³-hybridized carbons (Fsp3) is 0.381. The highest BCUT2D eigenvalue weighted by molar-refractivity contribution is 6.34. The van der Waals surface area contributed by atoms with Gasteiger partial charge in [-0.05, 0) is 55.6 Å². The van der Waals surface area contributed by atoms with Gasteiger partial charge in [0.05, 0.1) is 27.9 Å². The molecule has 2 amide bonds. The van der Waals surface area contributed by atoms with Gasteiger partial charge in [0.2, 0.25) is 5.91 Å². The van der Waals surface area contributed by atoms with Crippen LogP contribution in [0.15, 0.2) is 42.7 Å². The van der Waals surface area contributed by atoms with Crippen LogP contribution in [0.3, 0.4) is 0 Å². The van der Waals surface area contributed by atoms with E-state index in [0.29, 0.717) is 27.9 Å². The van der Waals surface area contributed by atoms with Crippen molar-refractivity contribution in [1.82, 2.24) is 10.3 Å². The van der Waals surface area contributed by atoms with Crippen molar-refractivity contribution in [1.29, 1.82) is 0 Å². The lowest BCUT2D eigenvalue weighted by Gasteiger charge is -2.37. The van der Waals surface area contributed by atoms with Crippen molar-refractivity contribution < 1.29 is 9.59 Å². The third-order valence-electron chi connectivity index (χ3n) is 5.88. The molecule has 0 bridgehead atoms. The van der Waals surface area contributed by atoms with Crippen LogP contribution in [0.5, 0.6) is 0 Å². The number of pyridine rings is 1. The van der Waals surface area contributed by atoms with Gasteiger partial charge in [-0.1, -0.05) is 24.4 Å². The second-order valence-corrected chi connectivity index (χ2v) is 7.98. The number of amides is 2. The summed E-state index contributed by atoms with van der Waals surface area (Å²) in [6.45, 7) is 1.63. The molecule has 1 saturated heterocycles. The average Bonchev–Trinajstić information content (AvgIpc) is 3.14. The highest BCUT2D eigenvalue weighted by Crippen LogP contribution is 2.44. The van der Waals surface area contributed by atoms with Crippen molar-refractivity contribution in [2.24, 2.45) is 11.3 Å². The second kappa shape index (κ2) is 7.89. The zero-order valence-electron chi connectivity index (χ0n) is 15.5. The number of anilines is 2. The van der Waals surface area contributed by atoms with Gasteiger partial charge in [-0.2, -0.15) is 0 Å². The van der Waals surface area contributed by atoms with Gasteiger partial charge in [0.15, 0.2) is 0 Å². The predicted octanol–water partition coefficient (Wildman–Crippen LogP) is 3.71. The van der Waals surface area contributed by atoms with Crippen molar-refractivity contribution in [2.75, 3.05) is 23.7 Å². The number of benzene rings is 1. The van der Waals surface area contributed by atoms with Crippen LogP contribution in [0.4, 0.5) is 11.4 Å². The molecule has 2 fully saturated rings. The maximum atomic E-state index is 13.1. The number of carbonyl (C=O) groups excluding carboxylic acids is 2. The number of halogens is 1. The summed E-state index contributed by atoms with van der Waals surface area (Å²) >= 11 is 6.33. The normalized spacial score (nSPS) is 23.7. The molecule has 0 radical (unpaired) electrons. The number of carbonyl (C=O) groups is 2. The summed E-state index contributed by atoms with van der Waals surface area (Å²) in [5.74, 6) is 0.119. The van der Waals surface area contributed by atoms with Crippen LogP contribution in [0.2, 0.25) is 5.02 Å². The minimum absolute atomic E-state index is 0.0471. The summed E-state index contributed by atoms with van der Waals surface area (Å²) in [7, 11) is 0. The quantitative estimate of drug-likeness (QED) is 0.733. The summed E-state index contributed by atoms with van der Waals surface area (Å²) in [5, 5.41) is 9.46. The first kappa shape index (κ1) is 18.9. The molecular formula is C21H23ClN4O2. The Balaban J connectivity index is 1.47. The van der Waals surface area contributed by atoms with Gasteiger partial charge in [0.1, 0.15) is 0 Å². The van der Waals surface area contributed by atoms with Crippen LogP contribution < -0.4 is 16.0 Å². The van der Waals surface area contributed by atoms with E-state index in [1.165, 1.54) is 6.42 Å². The second-order valence-electron chi connectivity index (χ2n) is 7.57. The van der Waals surface area contributed by atoms with Gasteiger partial charge in [-0.25, -0.2) is 0 Å². The SMILES string of the molecule is O=C(Nc1cccnc1)c1ccc(NC(=O)[C@@]23CCCC[C@H]2CNC3)cc1Cl. The van der Waals surface area contributed by atoms with Crippen LogP contribution in [0, 0.1) is 11.3 Å². The first-order chi connectivity index (χ1) is 13.6. The lowest BCUT2D eigenvalue weighted by Crippen LogP contribution is -2.44. The Bertz CT molecular complexity index is 889. The smallest absolute Gasteiger partial charge is 0.257 e. The molecule has 1 saturated carbocycles. The molecule has 0 spiro atoms. The molecule has 3 N–H and O–H groups in total. The lowest BCUT2D eigenvalue weighted by molar-refractivity contribution is -0.128. The van der Waals surface area contributed by atoms with Crippen molar-refractivity contribution in [3.8, 4) is 0 Å². The van der Waals surface area contributed by atoms with Gasteiger partial charge in [-0.3, -0.25) is 14.6 Å². The molecule has 2 aromatic rings. The number of hydrogen-bond donors (Lipinski definition) is 3. The summed E-state index contributed by atoms with van der Waals surface area (Å²) in [5.41, 5.74) is 1.22. The Labute approximate surface area is 169 Å². The Hall–Kier alpha value is -2.44. The van der Waals surface area contributed by atoms with Crippen LogP contribution in [0.1, 0.15) is 36.0 Å². The van der Waals surface area contributed by atoms with E-state index in [9.17, 15) is 9.59 Å². The predicted molar refractivity (Wildman–Crippen MR) is 110 cm³/mol. The third kappa shape index (κ3) is 3.62. The number of fused-ring (bicyclic) bond motifs is 1. The number of nitrogens with one attached hydrogen (secondary N) is 3. The number of aromatic nitrogens is 1. The van der Waals surface area contributed by atoms with Crippen molar-refractivity contribution in [3.05, 3.63) is 53.3 Å². The van der Waals surface area contributed by atoms with Crippen LogP contribution in [-0.2, 0) is 4.79 Å². The van der Waals surface area contributed by atoms with Crippen molar-refractivity contribution >= 4 is 34.8 Å². The highest BCUT2D eigenvalue weighted by atomic mass is 35.5. The fourth-order valence-corrected chi connectivity index (χ4v) is 4.62. The molecule has 1 aromatic heterocycles. The largest absolute Gasteiger partial charge is 0.326 e. The highest BCUT2D eigenvalue weighted by Gasteiger charge is 2.49. The van der Waals surface area contributed by atoms with E-state index in [2.05, 4.69) is 20.9 Å². The molecule has 2 aliphatic rings. The zero-order chi connectivity index (χ0) is 19.6. The van der Waals surface area contributed by atoms with E-state index >= 15 is 0 Å². The Morgan fingerprint density at radius 2 is 2.07 bits per heavy atom. The molecule has 4 rings (SSSR count). The van der Waals surface area contributed by atoms with Crippen molar-refractivity contribution in [2.45, 2.75) is 25.7 Å². The Morgan fingerprint density at radius 1 is 1.18 bits per heavy atom. The molecule has 6 nitrogen and oxygen atoms in total. The molecule has 1 aliphatic carbocycles. The van der Waals surface area contributed by atoms with E-state index in [1.54, 1.807) is 42.7 Å². The maximum Gasteiger partial charge on any atom is 0.257 e. The molecule has 1 aliphatic heterocycles. The van der Waals surface area contributed by atoms with Gasteiger partial charge in [0, 0.05) is 18.4 Å². The molecule has 1 aromatic carbocycles. The van der Waals surface area contributed by atoms with Gasteiger partial charge >= 0.3 is 0 Å². The van der Waals surface area contributed by atoms with Crippen LogP contribution in [0.25, 0.3) is 0 Å². The van der Waals surface area contributed by atoms with Crippen LogP contribution in [-0.4, -0.2) is 29.9 Å². The Morgan fingerprint density at radius 3 is 2.86 bits per heavy atom. The molecule has 7 heteroatoms. The van der Waals surface area contributed by atoms with Gasteiger partial charge in [-0.15, -0.1) is 0 Å². The summed E-state index contributed by atoms with van der Waals surface area (Å²) < 4.78 is 0. The van der Waals surface area contributed by atoms with E-state index in [-0.39, 0.29) is 17.2 Å². The molecule has 146 valence electrons. The molecule has 28 heavy (non-hydrogen) atoms. The minimum Gasteiger partial charge on any atom is -0.326 e. The molecular weight excluding hydrogens is 376 g/mol. The van der Waals surface area contributed by atoms with E-state index in [4.69, 9.17) is 11.6 Å².